The van der Waals surface area contributed by atoms with Crippen molar-refractivity contribution in [3.63, 3.8) is 0 Å². The number of aliphatic hydroxyl groups is 1. The first-order valence-electron chi connectivity index (χ1n) is 13.6. The number of benzene rings is 1. The number of amides is 2. The van der Waals surface area contributed by atoms with Crippen LogP contribution >= 0.6 is 11.6 Å². The molecule has 9 heteroatoms. The number of hydrogen-bond donors (Lipinski definition) is 1. The fourth-order valence-electron chi connectivity index (χ4n) is 6.84. The minimum Gasteiger partial charge on any atom is -0.465 e. The van der Waals surface area contributed by atoms with Crippen LogP contribution in [-0.4, -0.2) is 70.8 Å². The molecule has 3 saturated heterocycles. The fourth-order valence-corrected chi connectivity index (χ4v) is 7.17. The Bertz CT molecular complexity index is 1150. The van der Waals surface area contributed by atoms with E-state index in [4.69, 9.17) is 21.1 Å². The highest BCUT2D eigenvalue weighted by atomic mass is 35.5. The van der Waals surface area contributed by atoms with E-state index in [0.717, 1.165) is 5.56 Å². The SMILES string of the molecule is C=CCCOC(=O)[C@H]1[C@H]2C(=O)N([C@@H](CO)C(C)C)C(C(=O)N(CC=C)c3c(C)cccc3Cl)C23CC[C@]1(C)O3. The Morgan fingerprint density at radius 2 is 2.03 bits per heavy atom. The summed E-state index contributed by atoms with van der Waals surface area (Å²) in [5, 5.41) is 10.8. The monoisotopic (exact) mass is 558 g/mol. The van der Waals surface area contributed by atoms with Gasteiger partial charge in [0.1, 0.15) is 17.6 Å². The van der Waals surface area contributed by atoms with Gasteiger partial charge >= 0.3 is 5.97 Å². The summed E-state index contributed by atoms with van der Waals surface area (Å²) >= 11 is 6.60. The Kier molecular flexibility index (Phi) is 8.31. The van der Waals surface area contributed by atoms with Crippen LogP contribution in [0.4, 0.5) is 5.69 Å². The molecule has 1 spiro atoms. The molecule has 2 amide bonds. The molecular weight excluding hydrogens is 520 g/mol. The molecule has 0 aliphatic carbocycles. The number of rotatable bonds is 11. The molecule has 8 nitrogen and oxygen atoms in total. The van der Waals surface area contributed by atoms with Gasteiger partial charge in [-0.15, -0.1) is 13.2 Å². The van der Waals surface area contributed by atoms with Crippen LogP contribution in [0.2, 0.25) is 5.02 Å². The van der Waals surface area contributed by atoms with E-state index in [9.17, 15) is 19.5 Å². The van der Waals surface area contributed by atoms with Gasteiger partial charge in [0.15, 0.2) is 0 Å². The third-order valence-electron chi connectivity index (χ3n) is 8.62. The first-order valence-corrected chi connectivity index (χ1v) is 13.9. The second-order valence-electron chi connectivity index (χ2n) is 11.4. The topological polar surface area (TPSA) is 96.4 Å². The number of para-hydroxylation sites is 1. The van der Waals surface area contributed by atoms with Gasteiger partial charge in [-0.2, -0.15) is 0 Å². The van der Waals surface area contributed by atoms with Crippen LogP contribution < -0.4 is 4.90 Å². The largest absolute Gasteiger partial charge is 0.465 e. The van der Waals surface area contributed by atoms with Crippen LogP contribution in [0, 0.1) is 24.7 Å². The van der Waals surface area contributed by atoms with E-state index >= 15 is 0 Å². The molecule has 2 bridgehead atoms. The lowest BCUT2D eigenvalue weighted by Gasteiger charge is -2.41. The quantitative estimate of drug-likeness (QED) is 0.250. The molecule has 3 aliphatic heterocycles. The molecule has 0 saturated carbocycles. The van der Waals surface area contributed by atoms with E-state index in [0.29, 0.717) is 30.0 Å². The number of halogens is 1. The maximum absolute atomic E-state index is 14.7. The van der Waals surface area contributed by atoms with Crippen molar-refractivity contribution >= 4 is 35.1 Å². The maximum atomic E-state index is 14.7. The molecule has 4 rings (SSSR count). The molecule has 3 fully saturated rings. The van der Waals surface area contributed by atoms with E-state index in [1.807, 2.05) is 39.8 Å². The summed E-state index contributed by atoms with van der Waals surface area (Å²) in [7, 11) is 0. The third kappa shape index (κ3) is 4.60. The average molecular weight is 559 g/mol. The molecule has 0 aromatic heterocycles. The highest BCUT2D eigenvalue weighted by Crippen LogP contribution is 2.64. The number of likely N-dealkylation sites (tertiary alicyclic amines) is 1. The van der Waals surface area contributed by atoms with Crippen molar-refractivity contribution in [2.75, 3.05) is 24.7 Å². The molecule has 0 radical (unpaired) electrons. The predicted octanol–water partition coefficient (Wildman–Crippen LogP) is 4.07. The maximum Gasteiger partial charge on any atom is 0.312 e. The van der Waals surface area contributed by atoms with Crippen molar-refractivity contribution in [1.29, 1.82) is 0 Å². The number of carbonyl (C=O) groups is 3. The lowest BCUT2D eigenvalue weighted by atomic mass is 9.66. The Balaban J connectivity index is 1.86. The summed E-state index contributed by atoms with van der Waals surface area (Å²) in [6.45, 7) is 14.9. The van der Waals surface area contributed by atoms with Gasteiger partial charge in [0, 0.05) is 6.54 Å². The molecule has 3 aliphatic rings. The van der Waals surface area contributed by atoms with Gasteiger partial charge in [-0.25, -0.2) is 0 Å². The van der Waals surface area contributed by atoms with E-state index in [-0.39, 0.29) is 37.5 Å². The summed E-state index contributed by atoms with van der Waals surface area (Å²) < 4.78 is 12.2. The van der Waals surface area contributed by atoms with Crippen LogP contribution in [0.25, 0.3) is 0 Å². The molecule has 1 aromatic carbocycles. The lowest BCUT2D eigenvalue weighted by Crippen LogP contribution is -2.60. The number of hydrogen-bond acceptors (Lipinski definition) is 6. The molecule has 39 heavy (non-hydrogen) atoms. The Morgan fingerprint density at radius 1 is 1.31 bits per heavy atom. The van der Waals surface area contributed by atoms with Gasteiger partial charge in [0.2, 0.25) is 5.91 Å². The van der Waals surface area contributed by atoms with Crippen LogP contribution in [0.1, 0.15) is 45.6 Å². The van der Waals surface area contributed by atoms with E-state index in [1.165, 1.54) is 9.80 Å². The van der Waals surface area contributed by atoms with E-state index in [2.05, 4.69) is 13.2 Å². The molecule has 212 valence electrons. The van der Waals surface area contributed by atoms with Gasteiger partial charge in [-0.3, -0.25) is 14.4 Å². The molecular formula is C30H39ClN2O6. The highest BCUT2D eigenvalue weighted by Gasteiger charge is 2.79. The van der Waals surface area contributed by atoms with Crippen molar-refractivity contribution in [3.05, 3.63) is 54.1 Å². The average Bonchev–Trinajstić information content (AvgIpc) is 3.44. The number of nitrogens with zero attached hydrogens (tertiary/aromatic N) is 2. The summed E-state index contributed by atoms with van der Waals surface area (Å²) in [6, 6.07) is 3.66. The zero-order valence-corrected chi connectivity index (χ0v) is 23.9. The number of anilines is 1. The fraction of sp³-hybridized carbons (Fsp3) is 0.567. The number of carbonyl (C=O) groups excluding carboxylic acids is 3. The number of aryl methyl sites for hydroxylation is 1. The summed E-state index contributed by atoms with van der Waals surface area (Å²) in [6.07, 6.45) is 4.67. The third-order valence-corrected chi connectivity index (χ3v) is 8.92. The van der Waals surface area contributed by atoms with Crippen molar-refractivity contribution in [3.8, 4) is 0 Å². The van der Waals surface area contributed by atoms with E-state index in [1.54, 1.807) is 18.2 Å². The number of fused-ring (bicyclic) bond motifs is 1. The molecule has 1 aromatic rings. The number of esters is 1. The van der Waals surface area contributed by atoms with Crippen molar-refractivity contribution < 1.29 is 29.0 Å². The number of aliphatic hydroxyl groups excluding tert-OH is 1. The van der Waals surface area contributed by atoms with Crippen molar-refractivity contribution in [2.45, 2.75) is 70.2 Å². The second-order valence-corrected chi connectivity index (χ2v) is 11.8. The van der Waals surface area contributed by atoms with Crippen molar-refractivity contribution in [1.82, 2.24) is 4.90 Å². The minimum absolute atomic E-state index is 0.151. The highest BCUT2D eigenvalue weighted by molar-refractivity contribution is 6.34. The molecule has 1 N–H and O–H groups in total. The van der Waals surface area contributed by atoms with Crippen LogP contribution in [0.15, 0.2) is 43.5 Å². The van der Waals surface area contributed by atoms with Gasteiger partial charge in [-0.05, 0) is 50.7 Å². The standard InChI is InChI=1S/C30H39ClN2O6/c1-7-9-16-38-28(37)23-22-26(35)33(21(17-34)18(3)4)25(30(22)14-13-29(23,6)39-30)27(36)32(15-8-2)24-19(5)11-10-12-20(24)31/h7-8,10-12,18,21-23,25,34H,1-2,9,13-17H2,3-6H3/t21-,22-,23+,25?,29-,30?/m0/s1. The first kappa shape index (κ1) is 29.3. The molecule has 3 heterocycles. The first-order chi connectivity index (χ1) is 18.5. The minimum atomic E-state index is -1.25. The zero-order chi connectivity index (χ0) is 28.7. The van der Waals surface area contributed by atoms with Crippen LogP contribution in [-0.2, 0) is 23.9 Å². The lowest BCUT2D eigenvalue weighted by molar-refractivity contribution is -0.160. The summed E-state index contributed by atoms with van der Waals surface area (Å²) in [5.74, 6) is -3.21. The summed E-state index contributed by atoms with van der Waals surface area (Å²) in [4.78, 5) is 45.5. The second kappa shape index (κ2) is 11.1. The summed E-state index contributed by atoms with van der Waals surface area (Å²) in [5.41, 5.74) is -0.883. The molecule has 6 atom stereocenters. The Hall–Kier alpha value is -2.68. The number of ether oxygens (including phenoxy) is 2. The normalized spacial score (nSPS) is 29.9. The Morgan fingerprint density at radius 3 is 2.62 bits per heavy atom. The smallest absolute Gasteiger partial charge is 0.312 e. The van der Waals surface area contributed by atoms with Gasteiger partial charge in [0.25, 0.3) is 5.91 Å². The van der Waals surface area contributed by atoms with Crippen LogP contribution in [0.3, 0.4) is 0 Å². The van der Waals surface area contributed by atoms with Crippen molar-refractivity contribution in [2.24, 2.45) is 17.8 Å². The van der Waals surface area contributed by atoms with Gasteiger partial charge in [-0.1, -0.05) is 49.7 Å². The predicted molar refractivity (Wildman–Crippen MR) is 149 cm³/mol. The van der Waals surface area contributed by atoms with Crippen LogP contribution in [0.5, 0.6) is 0 Å². The van der Waals surface area contributed by atoms with Gasteiger partial charge < -0.3 is 24.4 Å². The van der Waals surface area contributed by atoms with Gasteiger partial charge in [0.05, 0.1) is 41.5 Å². The Labute approximate surface area is 235 Å². The zero-order valence-electron chi connectivity index (χ0n) is 23.2. The van der Waals surface area contributed by atoms with E-state index < -0.39 is 41.1 Å². The molecule has 2 unspecified atom stereocenters.